The van der Waals surface area contributed by atoms with E-state index in [2.05, 4.69) is 35.5 Å². The SMILES string of the molecule is O=C(Cc1ccccc1)Nc1cncc(-c2ncc3[nH]nc(-c4nc5c(-c6ccsc6)cncc5[nH]4)c3c2F)c1. The van der Waals surface area contributed by atoms with Crippen molar-refractivity contribution in [1.29, 1.82) is 0 Å². The van der Waals surface area contributed by atoms with Gasteiger partial charge in [0.2, 0.25) is 5.91 Å². The van der Waals surface area contributed by atoms with Gasteiger partial charge in [-0.25, -0.2) is 9.37 Å². The average Bonchev–Trinajstić information content (AvgIpc) is 3.73. The second-order valence-corrected chi connectivity index (χ2v) is 9.92. The Morgan fingerprint density at radius 3 is 2.67 bits per heavy atom. The number of H-pyrrole nitrogens is 2. The predicted molar refractivity (Wildman–Crippen MR) is 152 cm³/mol. The number of amides is 1. The van der Waals surface area contributed by atoms with Crippen molar-refractivity contribution in [2.24, 2.45) is 0 Å². The molecule has 7 rings (SSSR count). The topological polar surface area (TPSA) is 125 Å². The Kier molecular flexibility index (Phi) is 5.82. The van der Waals surface area contributed by atoms with Crippen molar-refractivity contribution in [3.8, 4) is 33.9 Å². The van der Waals surface area contributed by atoms with E-state index in [0.29, 0.717) is 33.8 Å². The molecule has 9 nitrogen and oxygen atoms in total. The number of fused-ring (bicyclic) bond motifs is 2. The summed E-state index contributed by atoms with van der Waals surface area (Å²) in [4.78, 5) is 33.4. The predicted octanol–water partition coefficient (Wildman–Crippen LogP) is 6.01. The number of rotatable bonds is 6. The van der Waals surface area contributed by atoms with Crippen LogP contribution in [-0.4, -0.2) is 41.0 Å². The molecule has 0 fully saturated rings. The van der Waals surface area contributed by atoms with E-state index in [1.165, 1.54) is 18.6 Å². The summed E-state index contributed by atoms with van der Waals surface area (Å²) in [5, 5.41) is 14.3. The Labute approximate surface area is 230 Å². The fourth-order valence-corrected chi connectivity index (χ4v) is 5.30. The quantitative estimate of drug-likeness (QED) is 0.235. The molecule has 6 heterocycles. The lowest BCUT2D eigenvalue weighted by Crippen LogP contribution is -2.14. The summed E-state index contributed by atoms with van der Waals surface area (Å²) >= 11 is 1.59. The first-order valence-corrected chi connectivity index (χ1v) is 13.3. The Morgan fingerprint density at radius 1 is 0.950 bits per heavy atom. The van der Waals surface area contributed by atoms with Crippen molar-refractivity contribution < 1.29 is 9.18 Å². The van der Waals surface area contributed by atoms with Crippen LogP contribution in [0.5, 0.6) is 0 Å². The maximum atomic E-state index is 16.1. The van der Waals surface area contributed by atoms with Crippen LogP contribution in [0, 0.1) is 5.82 Å². The van der Waals surface area contributed by atoms with Gasteiger partial charge in [0.1, 0.15) is 16.9 Å². The Balaban J connectivity index is 1.24. The standard InChI is InChI=1S/C29H19FN8OS/c30-25-24-21(37-38-28(24)29-35-22-13-32-12-20(27(22)36-29)17-6-7-40-15-17)14-33-26(25)18-9-19(11-31-10-18)34-23(39)8-16-4-2-1-3-5-16/h1-7,9-15H,8H2,(H,34,39)(H,35,36)(H,37,38). The molecule has 7 aromatic rings. The molecular formula is C29H19FN8OS. The Hall–Kier alpha value is -5.29. The van der Waals surface area contributed by atoms with Crippen LogP contribution in [0.3, 0.4) is 0 Å². The number of carbonyl (C=O) groups is 1. The van der Waals surface area contributed by atoms with Crippen LogP contribution in [0.2, 0.25) is 0 Å². The number of imidazole rings is 1. The summed E-state index contributed by atoms with van der Waals surface area (Å²) in [6, 6.07) is 13.1. The molecule has 11 heteroatoms. The summed E-state index contributed by atoms with van der Waals surface area (Å²) in [6.07, 6.45) is 8.19. The van der Waals surface area contributed by atoms with Gasteiger partial charge in [0, 0.05) is 23.5 Å². The fourth-order valence-electron chi connectivity index (χ4n) is 4.65. The number of hydrogen-bond acceptors (Lipinski definition) is 7. The van der Waals surface area contributed by atoms with Gasteiger partial charge in [0.05, 0.1) is 47.1 Å². The van der Waals surface area contributed by atoms with E-state index >= 15 is 4.39 Å². The number of aromatic nitrogens is 7. The van der Waals surface area contributed by atoms with Gasteiger partial charge in [-0.1, -0.05) is 30.3 Å². The summed E-state index contributed by atoms with van der Waals surface area (Å²) in [6.45, 7) is 0. The molecule has 1 amide bonds. The van der Waals surface area contributed by atoms with E-state index in [4.69, 9.17) is 4.98 Å². The molecule has 6 aromatic heterocycles. The van der Waals surface area contributed by atoms with Gasteiger partial charge in [0.25, 0.3) is 0 Å². The smallest absolute Gasteiger partial charge is 0.228 e. The number of halogens is 1. The maximum absolute atomic E-state index is 16.1. The lowest BCUT2D eigenvalue weighted by Gasteiger charge is -2.08. The van der Waals surface area contributed by atoms with E-state index in [1.807, 2.05) is 47.2 Å². The number of benzene rings is 1. The highest BCUT2D eigenvalue weighted by Gasteiger charge is 2.21. The number of nitrogens with one attached hydrogen (secondary N) is 3. The summed E-state index contributed by atoms with van der Waals surface area (Å²) in [5.41, 5.74) is 5.89. The van der Waals surface area contributed by atoms with Crippen LogP contribution >= 0.6 is 11.3 Å². The van der Waals surface area contributed by atoms with E-state index in [0.717, 1.165) is 22.2 Å². The molecular weight excluding hydrogens is 527 g/mol. The number of anilines is 1. The number of hydrogen-bond donors (Lipinski definition) is 3. The first-order valence-electron chi connectivity index (χ1n) is 12.3. The summed E-state index contributed by atoms with van der Waals surface area (Å²) in [7, 11) is 0. The molecule has 3 N–H and O–H groups in total. The minimum Gasteiger partial charge on any atom is -0.335 e. The van der Waals surface area contributed by atoms with E-state index in [-0.39, 0.29) is 23.4 Å². The zero-order chi connectivity index (χ0) is 27.1. The Bertz CT molecular complexity index is 2000. The third-order valence-corrected chi connectivity index (χ3v) is 7.18. The van der Waals surface area contributed by atoms with Crippen LogP contribution in [0.4, 0.5) is 10.1 Å². The molecule has 1 aromatic carbocycles. The maximum Gasteiger partial charge on any atom is 0.228 e. The molecule has 0 aliphatic heterocycles. The molecule has 194 valence electrons. The number of carbonyl (C=O) groups excluding carboxylic acids is 1. The Morgan fingerprint density at radius 2 is 1.82 bits per heavy atom. The number of nitrogens with zero attached hydrogens (tertiary/aromatic N) is 5. The molecule has 0 aliphatic rings. The zero-order valence-corrected chi connectivity index (χ0v) is 21.5. The number of aromatic amines is 2. The second-order valence-electron chi connectivity index (χ2n) is 9.14. The van der Waals surface area contributed by atoms with E-state index in [9.17, 15) is 4.79 Å². The van der Waals surface area contributed by atoms with Gasteiger partial charge in [-0.2, -0.15) is 16.4 Å². The molecule has 0 saturated heterocycles. The van der Waals surface area contributed by atoms with Gasteiger partial charge >= 0.3 is 0 Å². The molecule has 40 heavy (non-hydrogen) atoms. The lowest BCUT2D eigenvalue weighted by molar-refractivity contribution is -0.115. The molecule has 0 saturated carbocycles. The lowest BCUT2D eigenvalue weighted by atomic mass is 10.1. The van der Waals surface area contributed by atoms with Crippen LogP contribution in [0.15, 0.2) is 84.2 Å². The van der Waals surface area contributed by atoms with Gasteiger partial charge in [-0.15, -0.1) is 0 Å². The first kappa shape index (κ1) is 23.8. The van der Waals surface area contributed by atoms with Gasteiger partial charge in [-0.3, -0.25) is 24.8 Å². The minimum atomic E-state index is -0.576. The average molecular weight is 547 g/mol. The van der Waals surface area contributed by atoms with Crippen LogP contribution in [-0.2, 0) is 11.2 Å². The highest BCUT2D eigenvalue weighted by atomic mass is 32.1. The van der Waals surface area contributed by atoms with Crippen molar-refractivity contribution in [2.45, 2.75) is 6.42 Å². The third-order valence-electron chi connectivity index (χ3n) is 6.50. The van der Waals surface area contributed by atoms with Gasteiger partial charge in [-0.05, 0) is 34.0 Å². The molecule has 0 bridgehead atoms. The first-order chi connectivity index (χ1) is 19.6. The third kappa shape index (κ3) is 4.28. The summed E-state index contributed by atoms with van der Waals surface area (Å²) in [5.74, 6) is -0.373. The normalized spacial score (nSPS) is 11.3. The zero-order valence-electron chi connectivity index (χ0n) is 20.7. The van der Waals surface area contributed by atoms with Crippen molar-refractivity contribution in [1.82, 2.24) is 35.1 Å². The highest BCUT2D eigenvalue weighted by Crippen LogP contribution is 2.34. The monoisotopic (exact) mass is 546 g/mol. The van der Waals surface area contributed by atoms with Crippen molar-refractivity contribution >= 4 is 44.9 Å². The molecule has 0 atom stereocenters. The minimum absolute atomic E-state index is 0.0820. The van der Waals surface area contributed by atoms with Crippen molar-refractivity contribution in [3.05, 3.63) is 95.6 Å². The van der Waals surface area contributed by atoms with E-state index in [1.54, 1.807) is 29.8 Å². The van der Waals surface area contributed by atoms with Crippen LogP contribution in [0.1, 0.15) is 5.56 Å². The van der Waals surface area contributed by atoms with Gasteiger partial charge < -0.3 is 10.3 Å². The van der Waals surface area contributed by atoms with Crippen molar-refractivity contribution in [3.63, 3.8) is 0 Å². The second kappa shape index (κ2) is 9.79. The summed E-state index contributed by atoms with van der Waals surface area (Å²) < 4.78 is 16.1. The van der Waals surface area contributed by atoms with Gasteiger partial charge in [0.15, 0.2) is 11.6 Å². The van der Waals surface area contributed by atoms with Crippen molar-refractivity contribution in [2.75, 3.05) is 5.32 Å². The molecule has 0 radical (unpaired) electrons. The van der Waals surface area contributed by atoms with Crippen LogP contribution < -0.4 is 5.32 Å². The van der Waals surface area contributed by atoms with E-state index < -0.39 is 5.82 Å². The highest BCUT2D eigenvalue weighted by molar-refractivity contribution is 7.08. The number of pyridine rings is 3. The largest absolute Gasteiger partial charge is 0.335 e. The molecule has 0 unspecified atom stereocenters. The fraction of sp³-hybridized carbons (Fsp3) is 0.0345. The number of thiophene rings is 1. The molecule has 0 spiro atoms. The van der Waals surface area contributed by atoms with Crippen LogP contribution in [0.25, 0.3) is 55.8 Å². The molecule has 0 aliphatic carbocycles.